The number of rotatable bonds is 8. The smallest absolute Gasteiger partial charge is 0.230 e. The topological polar surface area (TPSA) is 80.4 Å². The molecule has 1 aromatic rings. The van der Waals surface area contributed by atoms with Crippen LogP contribution in [0.15, 0.2) is 4.42 Å². The van der Waals surface area contributed by atoms with Gasteiger partial charge in [-0.15, -0.1) is 10.2 Å². The van der Waals surface area contributed by atoms with E-state index in [1.807, 2.05) is 6.92 Å². The van der Waals surface area contributed by atoms with Gasteiger partial charge in [-0.1, -0.05) is 0 Å². The molecule has 1 heterocycles. The van der Waals surface area contributed by atoms with Crippen molar-refractivity contribution >= 4 is 0 Å². The van der Waals surface area contributed by atoms with Crippen LogP contribution in [0.5, 0.6) is 0 Å². The molecule has 18 heavy (non-hydrogen) atoms. The third kappa shape index (κ3) is 3.51. The van der Waals surface area contributed by atoms with E-state index < -0.39 is 0 Å². The Bertz CT molecular complexity index is 370. The van der Waals surface area contributed by atoms with Gasteiger partial charge >= 0.3 is 0 Å². The van der Waals surface area contributed by atoms with E-state index in [1.54, 1.807) is 7.11 Å². The number of aliphatic hydroxyl groups excluding tert-OH is 1. The molecule has 0 amide bonds. The molecule has 0 aliphatic heterocycles. The Hall–Kier alpha value is -0.980. The Morgan fingerprint density at radius 3 is 2.89 bits per heavy atom. The molecule has 1 atom stereocenters. The Morgan fingerprint density at radius 1 is 1.50 bits per heavy atom. The van der Waals surface area contributed by atoms with E-state index in [4.69, 9.17) is 14.3 Å². The minimum atomic E-state index is -0.280. The monoisotopic (exact) mass is 255 g/mol. The normalized spacial score (nSPS) is 18.8. The van der Waals surface area contributed by atoms with Crippen molar-refractivity contribution < 1.29 is 14.3 Å². The molecule has 0 spiro atoms. The molecule has 2 rings (SSSR count). The maximum absolute atomic E-state index is 9.06. The first-order valence-electron chi connectivity index (χ1n) is 6.34. The van der Waals surface area contributed by atoms with Gasteiger partial charge < -0.3 is 19.6 Å². The SMILES string of the molecule is COCC(C)(CCO)NCc1nnc(C2CC2)o1. The fourth-order valence-electron chi connectivity index (χ4n) is 1.90. The minimum Gasteiger partial charge on any atom is -0.424 e. The van der Waals surface area contributed by atoms with Crippen LogP contribution in [0.4, 0.5) is 0 Å². The zero-order valence-corrected chi connectivity index (χ0v) is 11.0. The molecule has 2 N–H and O–H groups in total. The number of methoxy groups -OCH3 is 1. The number of nitrogens with one attached hydrogen (secondary N) is 1. The first kappa shape index (κ1) is 13.5. The standard InChI is InChI=1S/C12H21N3O3/c1-12(5-6-16,8-17-2)13-7-10-14-15-11(18-10)9-3-4-9/h9,13,16H,3-8H2,1-2H3. The minimum absolute atomic E-state index is 0.115. The second-order valence-electron chi connectivity index (χ2n) is 5.13. The lowest BCUT2D eigenvalue weighted by Crippen LogP contribution is -2.46. The summed E-state index contributed by atoms with van der Waals surface area (Å²) in [7, 11) is 1.65. The van der Waals surface area contributed by atoms with Crippen LogP contribution in [0, 0.1) is 0 Å². The molecular formula is C12H21N3O3. The lowest BCUT2D eigenvalue weighted by atomic mass is 9.99. The fourth-order valence-corrected chi connectivity index (χ4v) is 1.90. The summed E-state index contributed by atoms with van der Waals surface area (Å²) in [5.74, 6) is 1.83. The number of hydrogen-bond donors (Lipinski definition) is 2. The first-order chi connectivity index (χ1) is 8.67. The number of ether oxygens (including phenoxy) is 1. The third-order valence-electron chi connectivity index (χ3n) is 3.20. The lowest BCUT2D eigenvalue weighted by Gasteiger charge is -2.28. The Labute approximate surface area is 107 Å². The van der Waals surface area contributed by atoms with Crippen molar-refractivity contribution in [3.8, 4) is 0 Å². The highest BCUT2D eigenvalue weighted by Gasteiger charge is 2.30. The van der Waals surface area contributed by atoms with Crippen LogP contribution >= 0.6 is 0 Å². The van der Waals surface area contributed by atoms with Gasteiger partial charge in [0.1, 0.15) is 0 Å². The molecule has 0 aromatic carbocycles. The van der Waals surface area contributed by atoms with Gasteiger partial charge in [0.15, 0.2) is 0 Å². The lowest BCUT2D eigenvalue weighted by molar-refractivity contribution is 0.0952. The number of nitrogens with zero attached hydrogens (tertiary/aromatic N) is 2. The maximum Gasteiger partial charge on any atom is 0.230 e. The van der Waals surface area contributed by atoms with Crippen molar-refractivity contribution in [2.45, 2.75) is 44.2 Å². The van der Waals surface area contributed by atoms with E-state index in [2.05, 4.69) is 15.5 Å². The molecule has 0 saturated heterocycles. The fraction of sp³-hybridized carbons (Fsp3) is 0.833. The van der Waals surface area contributed by atoms with Crippen LogP contribution in [0.1, 0.15) is 43.9 Å². The van der Waals surface area contributed by atoms with Crippen LogP contribution in [-0.4, -0.2) is 41.2 Å². The van der Waals surface area contributed by atoms with Crippen molar-refractivity contribution in [2.24, 2.45) is 0 Å². The third-order valence-corrected chi connectivity index (χ3v) is 3.20. The molecule has 0 radical (unpaired) electrons. The maximum atomic E-state index is 9.06. The van der Waals surface area contributed by atoms with E-state index in [9.17, 15) is 0 Å². The Balaban J connectivity index is 1.87. The highest BCUT2D eigenvalue weighted by Crippen LogP contribution is 2.38. The summed E-state index contributed by atoms with van der Waals surface area (Å²) in [4.78, 5) is 0. The van der Waals surface area contributed by atoms with Crippen LogP contribution in [0.3, 0.4) is 0 Å². The zero-order valence-electron chi connectivity index (χ0n) is 11.0. The van der Waals surface area contributed by atoms with Gasteiger partial charge in [-0.05, 0) is 26.2 Å². The highest BCUT2D eigenvalue weighted by atomic mass is 16.5. The molecule has 6 heteroatoms. The van der Waals surface area contributed by atoms with Crippen molar-refractivity contribution in [1.29, 1.82) is 0 Å². The van der Waals surface area contributed by atoms with E-state index in [1.165, 1.54) is 0 Å². The van der Waals surface area contributed by atoms with E-state index in [0.29, 0.717) is 31.4 Å². The van der Waals surface area contributed by atoms with Gasteiger partial charge in [-0.3, -0.25) is 0 Å². The van der Waals surface area contributed by atoms with Crippen molar-refractivity contribution in [3.05, 3.63) is 11.8 Å². The van der Waals surface area contributed by atoms with Crippen molar-refractivity contribution in [2.75, 3.05) is 20.3 Å². The summed E-state index contributed by atoms with van der Waals surface area (Å²) >= 11 is 0. The molecule has 0 bridgehead atoms. The predicted molar refractivity (Wildman–Crippen MR) is 65.1 cm³/mol. The van der Waals surface area contributed by atoms with Crippen LogP contribution in [-0.2, 0) is 11.3 Å². The Kier molecular flexibility index (Phi) is 4.31. The van der Waals surface area contributed by atoms with Gasteiger partial charge in [0.25, 0.3) is 0 Å². The van der Waals surface area contributed by atoms with E-state index >= 15 is 0 Å². The van der Waals surface area contributed by atoms with Crippen LogP contribution in [0.25, 0.3) is 0 Å². The molecule has 1 aromatic heterocycles. The molecular weight excluding hydrogens is 234 g/mol. The van der Waals surface area contributed by atoms with E-state index in [0.717, 1.165) is 18.7 Å². The van der Waals surface area contributed by atoms with Gasteiger partial charge in [0.05, 0.1) is 13.2 Å². The van der Waals surface area contributed by atoms with Crippen molar-refractivity contribution in [1.82, 2.24) is 15.5 Å². The zero-order chi connectivity index (χ0) is 13.0. The molecule has 1 unspecified atom stereocenters. The number of hydrogen-bond acceptors (Lipinski definition) is 6. The molecule has 6 nitrogen and oxygen atoms in total. The van der Waals surface area contributed by atoms with Gasteiger partial charge in [0, 0.05) is 25.2 Å². The first-order valence-corrected chi connectivity index (χ1v) is 6.34. The average Bonchev–Trinajstić information content (AvgIpc) is 3.07. The summed E-state index contributed by atoms with van der Waals surface area (Å²) in [5, 5.41) is 20.4. The molecule has 102 valence electrons. The van der Waals surface area contributed by atoms with Crippen molar-refractivity contribution in [3.63, 3.8) is 0 Å². The molecule has 1 fully saturated rings. The molecule has 1 saturated carbocycles. The number of aromatic nitrogens is 2. The summed E-state index contributed by atoms with van der Waals surface area (Å²) in [6.45, 7) is 3.14. The summed E-state index contributed by atoms with van der Waals surface area (Å²) in [6.07, 6.45) is 2.92. The second kappa shape index (κ2) is 5.77. The summed E-state index contributed by atoms with van der Waals surface area (Å²) in [6, 6.07) is 0. The summed E-state index contributed by atoms with van der Waals surface area (Å²) in [5.41, 5.74) is -0.280. The number of aliphatic hydroxyl groups is 1. The van der Waals surface area contributed by atoms with E-state index in [-0.39, 0.29) is 12.1 Å². The van der Waals surface area contributed by atoms with Crippen LogP contribution in [0.2, 0.25) is 0 Å². The van der Waals surface area contributed by atoms with Gasteiger partial charge in [0.2, 0.25) is 11.8 Å². The van der Waals surface area contributed by atoms with Crippen LogP contribution < -0.4 is 5.32 Å². The molecule has 1 aliphatic carbocycles. The van der Waals surface area contributed by atoms with Gasteiger partial charge in [-0.25, -0.2) is 0 Å². The highest BCUT2D eigenvalue weighted by molar-refractivity contribution is 5.00. The summed E-state index contributed by atoms with van der Waals surface area (Å²) < 4.78 is 10.7. The molecule has 1 aliphatic rings. The largest absolute Gasteiger partial charge is 0.424 e. The second-order valence-corrected chi connectivity index (χ2v) is 5.13. The quantitative estimate of drug-likeness (QED) is 0.716. The average molecular weight is 255 g/mol. The van der Waals surface area contributed by atoms with Gasteiger partial charge in [-0.2, -0.15) is 0 Å². The Morgan fingerprint density at radius 2 is 2.28 bits per heavy atom. The predicted octanol–water partition coefficient (Wildman–Crippen LogP) is 0.824.